The van der Waals surface area contributed by atoms with Gasteiger partial charge >= 0.3 is 0 Å². The Labute approximate surface area is 131 Å². The summed E-state index contributed by atoms with van der Waals surface area (Å²) in [5.74, 6) is 0.402. The van der Waals surface area contributed by atoms with Gasteiger partial charge < -0.3 is 15.0 Å². The van der Waals surface area contributed by atoms with Crippen LogP contribution in [-0.2, 0) is 11.3 Å². The van der Waals surface area contributed by atoms with Crippen LogP contribution in [0.4, 0.5) is 5.69 Å². The molecule has 0 aliphatic rings. The van der Waals surface area contributed by atoms with E-state index in [1.807, 2.05) is 14.1 Å². The molecule has 0 spiro atoms. The Morgan fingerprint density at radius 3 is 2.67 bits per heavy atom. The van der Waals surface area contributed by atoms with Crippen LogP contribution in [0.1, 0.15) is 13.8 Å². The van der Waals surface area contributed by atoms with Crippen LogP contribution in [-0.4, -0.2) is 55.1 Å². The maximum atomic E-state index is 12.1. The normalized spacial score (nSPS) is 13.0. The van der Waals surface area contributed by atoms with Gasteiger partial charge in [-0.3, -0.25) is 4.79 Å². The quantitative estimate of drug-likeness (QED) is 0.788. The van der Waals surface area contributed by atoms with Crippen molar-refractivity contribution in [2.24, 2.45) is 5.92 Å². The summed E-state index contributed by atoms with van der Waals surface area (Å²) in [5, 5.41) is 7.63. The predicted octanol–water partition coefficient (Wildman–Crippen LogP) is 1.54. The highest BCUT2D eigenvalue weighted by molar-refractivity contribution is 6.32. The number of nitrogens with zero attached hydrogens (tertiary/aromatic N) is 3. The fourth-order valence-electron chi connectivity index (χ4n) is 1.92. The molecule has 7 heteroatoms. The number of anilines is 1. The second-order valence-corrected chi connectivity index (χ2v) is 6.03. The molecule has 0 amide bonds. The molecule has 0 aliphatic carbocycles. The molecule has 0 bridgehead atoms. The molecule has 0 fully saturated rings. The summed E-state index contributed by atoms with van der Waals surface area (Å²) in [4.78, 5) is 14.2. The van der Waals surface area contributed by atoms with Gasteiger partial charge in [-0.15, -0.1) is 0 Å². The number of hydrogen-bond acceptors (Lipinski definition) is 5. The summed E-state index contributed by atoms with van der Waals surface area (Å²) >= 11 is 6.17. The largest absolute Gasteiger partial charge is 0.383 e. The fraction of sp³-hybridized carbons (Fsp3) is 0.714. The van der Waals surface area contributed by atoms with E-state index in [4.69, 9.17) is 16.3 Å². The van der Waals surface area contributed by atoms with E-state index >= 15 is 0 Å². The van der Waals surface area contributed by atoms with Gasteiger partial charge in [-0.2, -0.15) is 5.10 Å². The van der Waals surface area contributed by atoms with Gasteiger partial charge in [0.05, 0.1) is 25.0 Å². The first kappa shape index (κ1) is 17.9. The highest BCUT2D eigenvalue weighted by atomic mass is 35.5. The molecule has 120 valence electrons. The lowest BCUT2D eigenvalue weighted by Gasteiger charge is -2.26. The predicted molar refractivity (Wildman–Crippen MR) is 86.2 cm³/mol. The third kappa shape index (κ3) is 5.30. The van der Waals surface area contributed by atoms with Crippen molar-refractivity contribution in [3.63, 3.8) is 0 Å². The second kappa shape index (κ2) is 8.36. The molecule has 1 aromatic heterocycles. The zero-order chi connectivity index (χ0) is 16.0. The van der Waals surface area contributed by atoms with E-state index in [0.29, 0.717) is 24.8 Å². The smallest absolute Gasteiger partial charge is 0.287 e. The summed E-state index contributed by atoms with van der Waals surface area (Å²) in [7, 11) is 5.61. The van der Waals surface area contributed by atoms with Crippen molar-refractivity contribution in [3.8, 4) is 0 Å². The maximum absolute atomic E-state index is 12.1. The standard InChI is InChI=1S/C14H25ClN4O2/c1-10(2)12(9-18(3)4)17-11-8-16-19(6-7-21-5)14(20)13(11)15/h8,10,12,17H,6-7,9H2,1-5H3. The average molecular weight is 317 g/mol. The molecule has 0 saturated heterocycles. The molecule has 1 rings (SSSR count). The van der Waals surface area contributed by atoms with Crippen molar-refractivity contribution in [1.29, 1.82) is 0 Å². The van der Waals surface area contributed by atoms with Gasteiger partial charge in [0.15, 0.2) is 0 Å². The molecule has 1 atom stereocenters. The Morgan fingerprint density at radius 2 is 2.14 bits per heavy atom. The molecule has 0 radical (unpaired) electrons. The van der Waals surface area contributed by atoms with Crippen molar-refractivity contribution < 1.29 is 4.74 Å². The Balaban J connectivity index is 2.93. The number of halogens is 1. The summed E-state index contributed by atoms with van der Waals surface area (Å²) in [6, 6.07) is 0.188. The second-order valence-electron chi connectivity index (χ2n) is 5.65. The lowest BCUT2D eigenvalue weighted by Crippen LogP contribution is -2.37. The number of aromatic nitrogens is 2. The molecule has 1 unspecified atom stereocenters. The molecule has 1 N–H and O–H groups in total. The Hall–Kier alpha value is -1.11. The van der Waals surface area contributed by atoms with E-state index in [2.05, 4.69) is 29.2 Å². The minimum absolute atomic E-state index is 0.172. The van der Waals surface area contributed by atoms with Gasteiger partial charge in [0.2, 0.25) is 0 Å². The van der Waals surface area contributed by atoms with Crippen LogP contribution in [0.25, 0.3) is 0 Å². The van der Waals surface area contributed by atoms with E-state index in [1.165, 1.54) is 4.68 Å². The van der Waals surface area contributed by atoms with E-state index in [9.17, 15) is 4.79 Å². The number of hydrogen-bond donors (Lipinski definition) is 1. The Bertz CT molecular complexity index is 502. The van der Waals surface area contributed by atoms with E-state index in [1.54, 1.807) is 13.3 Å². The van der Waals surface area contributed by atoms with Crippen LogP contribution in [0, 0.1) is 5.92 Å². The maximum Gasteiger partial charge on any atom is 0.287 e. The van der Waals surface area contributed by atoms with Gasteiger partial charge in [-0.05, 0) is 20.0 Å². The van der Waals surface area contributed by atoms with E-state index < -0.39 is 0 Å². The highest BCUT2D eigenvalue weighted by Gasteiger charge is 2.17. The SMILES string of the molecule is COCCn1ncc(NC(CN(C)C)C(C)C)c(Cl)c1=O. The number of methoxy groups -OCH3 is 1. The first-order valence-electron chi connectivity index (χ1n) is 7.02. The molecule has 6 nitrogen and oxygen atoms in total. The molecule has 0 aromatic carbocycles. The number of ether oxygens (including phenoxy) is 1. The number of likely N-dealkylation sites (N-methyl/N-ethyl adjacent to an activating group) is 1. The van der Waals surface area contributed by atoms with Crippen molar-refractivity contribution in [2.75, 3.05) is 39.7 Å². The lowest BCUT2D eigenvalue weighted by atomic mass is 10.0. The summed E-state index contributed by atoms with van der Waals surface area (Å²) in [5.41, 5.74) is 0.280. The molecule has 0 aliphatic heterocycles. The Morgan fingerprint density at radius 1 is 1.48 bits per heavy atom. The average Bonchev–Trinajstić information content (AvgIpc) is 2.41. The zero-order valence-electron chi connectivity index (χ0n) is 13.4. The van der Waals surface area contributed by atoms with Gasteiger partial charge in [-0.25, -0.2) is 4.68 Å². The Kier molecular flexibility index (Phi) is 7.14. The zero-order valence-corrected chi connectivity index (χ0v) is 14.1. The minimum atomic E-state index is -0.300. The van der Waals surface area contributed by atoms with Gasteiger partial charge in [0, 0.05) is 19.7 Å². The molecular weight excluding hydrogens is 292 g/mol. The summed E-state index contributed by atoms with van der Waals surface area (Å²) in [6.45, 7) is 5.91. The topological polar surface area (TPSA) is 59.4 Å². The highest BCUT2D eigenvalue weighted by Crippen LogP contribution is 2.19. The first-order valence-corrected chi connectivity index (χ1v) is 7.40. The first-order chi connectivity index (χ1) is 9.86. The van der Waals surface area contributed by atoms with Crippen LogP contribution in [0.15, 0.2) is 11.0 Å². The van der Waals surface area contributed by atoms with E-state index in [0.717, 1.165) is 6.54 Å². The number of rotatable bonds is 8. The van der Waals surface area contributed by atoms with Crippen molar-refractivity contribution >= 4 is 17.3 Å². The minimum Gasteiger partial charge on any atom is -0.383 e. The van der Waals surface area contributed by atoms with Crippen molar-refractivity contribution in [3.05, 3.63) is 21.6 Å². The van der Waals surface area contributed by atoms with Gasteiger partial charge in [-0.1, -0.05) is 25.4 Å². The lowest BCUT2D eigenvalue weighted by molar-refractivity contribution is 0.182. The third-order valence-corrected chi connectivity index (χ3v) is 3.56. The molecule has 21 heavy (non-hydrogen) atoms. The van der Waals surface area contributed by atoms with Crippen LogP contribution in [0.2, 0.25) is 5.02 Å². The van der Waals surface area contributed by atoms with E-state index in [-0.39, 0.29) is 16.6 Å². The van der Waals surface area contributed by atoms with Crippen LogP contribution in [0.5, 0.6) is 0 Å². The van der Waals surface area contributed by atoms with Crippen LogP contribution in [0.3, 0.4) is 0 Å². The van der Waals surface area contributed by atoms with Crippen molar-refractivity contribution in [2.45, 2.75) is 26.4 Å². The molecule has 1 aromatic rings. The van der Waals surface area contributed by atoms with Crippen LogP contribution >= 0.6 is 11.6 Å². The van der Waals surface area contributed by atoms with Crippen molar-refractivity contribution in [1.82, 2.24) is 14.7 Å². The van der Waals surface area contributed by atoms with Crippen LogP contribution < -0.4 is 10.9 Å². The fourth-order valence-corrected chi connectivity index (χ4v) is 2.12. The third-order valence-electron chi connectivity index (χ3n) is 3.20. The van der Waals surface area contributed by atoms with Gasteiger partial charge in [0.1, 0.15) is 5.02 Å². The summed E-state index contributed by atoms with van der Waals surface area (Å²) in [6.07, 6.45) is 1.60. The molecule has 0 saturated carbocycles. The van der Waals surface area contributed by atoms with Gasteiger partial charge in [0.25, 0.3) is 5.56 Å². The summed E-state index contributed by atoms with van der Waals surface area (Å²) < 4.78 is 6.26. The monoisotopic (exact) mass is 316 g/mol. The molecular formula is C14H25ClN4O2. The number of nitrogens with one attached hydrogen (secondary N) is 1. The molecule has 1 heterocycles.